The highest BCUT2D eigenvalue weighted by atomic mass is 32.2. The number of carboxylic acid groups (broad SMARTS) is 2. The molecule has 12 heteroatoms. The molecule has 2 aromatic rings. The normalized spacial score (nSPS) is 16.1. The van der Waals surface area contributed by atoms with Crippen molar-refractivity contribution in [1.29, 1.82) is 0 Å². The lowest BCUT2D eigenvalue weighted by Gasteiger charge is -2.21. The van der Waals surface area contributed by atoms with Crippen molar-refractivity contribution in [2.75, 3.05) is 0 Å². The van der Waals surface area contributed by atoms with E-state index in [1.165, 1.54) is 30.3 Å². The number of rotatable bonds is 7. The minimum Gasteiger partial charge on any atom is -0.481 e. The molecule has 30 heavy (non-hydrogen) atoms. The van der Waals surface area contributed by atoms with Crippen LogP contribution in [0.5, 0.6) is 0 Å². The van der Waals surface area contributed by atoms with E-state index in [0.29, 0.717) is 11.3 Å². The molecule has 1 aromatic carbocycles. The van der Waals surface area contributed by atoms with Gasteiger partial charge in [0, 0.05) is 23.8 Å². The number of thiocarbonyl (C=S) groups is 1. The maximum absolute atomic E-state index is 12.6. The maximum atomic E-state index is 12.6. The summed E-state index contributed by atoms with van der Waals surface area (Å²) in [6.45, 7) is 0. The van der Waals surface area contributed by atoms with E-state index in [0.717, 1.165) is 16.7 Å². The Kier molecular flexibility index (Phi) is 5.99. The lowest BCUT2D eigenvalue weighted by molar-refractivity contribution is -0.384. The highest BCUT2D eigenvalue weighted by Gasteiger charge is 2.41. The van der Waals surface area contributed by atoms with E-state index < -0.39 is 35.2 Å². The zero-order valence-electron chi connectivity index (χ0n) is 14.9. The zero-order valence-corrected chi connectivity index (χ0v) is 16.5. The second kappa shape index (κ2) is 8.47. The summed E-state index contributed by atoms with van der Waals surface area (Å²) in [7, 11) is 0. The third-order valence-corrected chi connectivity index (χ3v) is 5.36. The number of nitro benzene ring substituents is 1. The minimum absolute atomic E-state index is 0.0663. The van der Waals surface area contributed by atoms with Gasteiger partial charge in [0.15, 0.2) is 0 Å². The van der Waals surface area contributed by atoms with Gasteiger partial charge >= 0.3 is 11.9 Å². The first kappa shape index (κ1) is 21.2. The fraction of sp³-hybridized carbons (Fsp3) is 0.111. The molecule has 0 bridgehead atoms. The summed E-state index contributed by atoms with van der Waals surface area (Å²) in [6.07, 6.45) is 0.548. The van der Waals surface area contributed by atoms with Crippen molar-refractivity contribution in [2.24, 2.45) is 0 Å². The van der Waals surface area contributed by atoms with Gasteiger partial charge in [0.1, 0.15) is 21.9 Å². The maximum Gasteiger partial charge on any atom is 0.327 e. The molecule has 0 spiro atoms. The average Bonchev–Trinajstić information content (AvgIpc) is 3.25. The number of non-ortho nitro benzene ring substituents is 1. The predicted octanol–water partition coefficient (Wildman–Crippen LogP) is 2.98. The van der Waals surface area contributed by atoms with Crippen LogP contribution < -0.4 is 0 Å². The van der Waals surface area contributed by atoms with Crippen molar-refractivity contribution in [3.8, 4) is 11.3 Å². The molecule has 154 valence electrons. The van der Waals surface area contributed by atoms with Crippen LogP contribution in [0.25, 0.3) is 17.4 Å². The first-order valence-corrected chi connectivity index (χ1v) is 9.46. The molecule has 1 saturated heterocycles. The molecule has 2 N–H and O–H groups in total. The number of nitro groups is 1. The van der Waals surface area contributed by atoms with Crippen LogP contribution in [0.2, 0.25) is 0 Å². The third-order valence-electron chi connectivity index (χ3n) is 4.03. The van der Waals surface area contributed by atoms with Gasteiger partial charge in [0.25, 0.3) is 11.6 Å². The van der Waals surface area contributed by atoms with Crippen molar-refractivity contribution in [3.63, 3.8) is 0 Å². The van der Waals surface area contributed by atoms with Gasteiger partial charge in [0.2, 0.25) is 0 Å². The molecule has 0 radical (unpaired) electrons. The molecule has 10 nitrogen and oxygen atoms in total. The molecule has 1 aliphatic rings. The molecule has 0 aliphatic carbocycles. The lowest BCUT2D eigenvalue weighted by atomic mass is 10.1. The highest BCUT2D eigenvalue weighted by molar-refractivity contribution is 8.26. The Morgan fingerprint density at radius 2 is 2.03 bits per heavy atom. The quantitative estimate of drug-likeness (QED) is 0.280. The van der Waals surface area contributed by atoms with Crippen LogP contribution in [0, 0.1) is 10.1 Å². The van der Waals surface area contributed by atoms with Gasteiger partial charge < -0.3 is 14.6 Å². The van der Waals surface area contributed by atoms with Gasteiger partial charge in [-0.3, -0.25) is 24.6 Å². The second-order valence-corrected chi connectivity index (χ2v) is 7.69. The number of hydrogen-bond acceptors (Lipinski definition) is 8. The number of thioether (sulfide) groups is 1. The summed E-state index contributed by atoms with van der Waals surface area (Å²) >= 11 is 5.88. The number of amides is 1. The Morgan fingerprint density at radius 3 is 2.67 bits per heavy atom. The summed E-state index contributed by atoms with van der Waals surface area (Å²) < 4.78 is 5.54. The number of nitrogens with zero attached hydrogens (tertiary/aromatic N) is 2. The number of aliphatic carboxylic acids is 2. The SMILES string of the molecule is O=C(O)C[C@@H](C(=O)O)N1C(=O)/C(=C\c2ccc(-c3cccc([N+](=O)[O-])c3)o2)SC1=S. The third kappa shape index (κ3) is 4.39. The van der Waals surface area contributed by atoms with Crippen LogP contribution in [0.3, 0.4) is 0 Å². The van der Waals surface area contributed by atoms with Gasteiger partial charge in [-0.1, -0.05) is 36.1 Å². The lowest BCUT2D eigenvalue weighted by Crippen LogP contribution is -2.45. The number of carbonyl (C=O) groups is 3. The van der Waals surface area contributed by atoms with Crippen molar-refractivity contribution >= 4 is 57.9 Å². The van der Waals surface area contributed by atoms with E-state index in [4.69, 9.17) is 21.7 Å². The Labute approximate surface area is 177 Å². The summed E-state index contributed by atoms with van der Waals surface area (Å²) in [6, 6.07) is 7.29. The number of carboxylic acids is 2. The van der Waals surface area contributed by atoms with Crippen LogP contribution in [0.4, 0.5) is 5.69 Å². The molecule has 1 aromatic heterocycles. The molecule has 1 fully saturated rings. The molecule has 1 amide bonds. The van der Waals surface area contributed by atoms with E-state index in [9.17, 15) is 29.6 Å². The molecular formula is C18H12N2O8S2. The van der Waals surface area contributed by atoms with E-state index in [-0.39, 0.29) is 20.7 Å². The monoisotopic (exact) mass is 448 g/mol. The number of hydrogen-bond donors (Lipinski definition) is 2. The van der Waals surface area contributed by atoms with Gasteiger partial charge in [-0.05, 0) is 12.1 Å². The fourth-order valence-corrected chi connectivity index (χ4v) is 4.03. The predicted molar refractivity (Wildman–Crippen MR) is 109 cm³/mol. The number of furan rings is 1. The topological polar surface area (TPSA) is 151 Å². The summed E-state index contributed by atoms with van der Waals surface area (Å²) in [5, 5.41) is 29.1. The fourth-order valence-electron chi connectivity index (χ4n) is 2.69. The van der Waals surface area contributed by atoms with Gasteiger partial charge in [-0.2, -0.15) is 0 Å². The van der Waals surface area contributed by atoms with E-state index in [1.807, 2.05) is 0 Å². The minimum atomic E-state index is -1.63. The number of benzene rings is 1. The average molecular weight is 448 g/mol. The van der Waals surface area contributed by atoms with E-state index in [1.54, 1.807) is 12.1 Å². The van der Waals surface area contributed by atoms with Crippen molar-refractivity contribution in [1.82, 2.24) is 4.90 Å². The zero-order chi connectivity index (χ0) is 22.0. The molecule has 3 rings (SSSR count). The van der Waals surface area contributed by atoms with Crippen LogP contribution in [0.1, 0.15) is 12.2 Å². The molecule has 0 unspecified atom stereocenters. The Hall–Kier alpha value is -3.51. The smallest absolute Gasteiger partial charge is 0.327 e. The van der Waals surface area contributed by atoms with Crippen LogP contribution >= 0.6 is 24.0 Å². The standard InChI is InChI=1S/C18H12N2O8S2/c21-15(22)8-12(17(24)25)19-16(23)14(30-18(19)29)7-11-4-5-13(28-11)9-2-1-3-10(6-9)20(26)27/h1-7,12H,8H2,(H,21,22)(H,24,25)/b14-7+/t12-/m0/s1. The second-order valence-electron chi connectivity index (χ2n) is 6.01. The van der Waals surface area contributed by atoms with Crippen molar-refractivity contribution in [2.45, 2.75) is 12.5 Å². The molecule has 1 atom stereocenters. The summed E-state index contributed by atoms with van der Waals surface area (Å²) in [5.41, 5.74) is 0.355. The van der Waals surface area contributed by atoms with Gasteiger partial charge in [-0.15, -0.1) is 0 Å². The van der Waals surface area contributed by atoms with E-state index in [2.05, 4.69) is 0 Å². The Balaban J connectivity index is 1.86. The molecule has 2 heterocycles. The molecule has 1 aliphatic heterocycles. The van der Waals surface area contributed by atoms with Gasteiger partial charge in [0.05, 0.1) is 16.2 Å². The summed E-state index contributed by atoms with van der Waals surface area (Å²) in [5.74, 6) is -3.04. The largest absolute Gasteiger partial charge is 0.481 e. The molecule has 0 saturated carbocycles. The number of carbonyl (C=O) groups excluding carboxylic acids is 1. The first-order valence-electron chi connectivity index (χ1n) is 8.23. The van der Waals surface area contributed by atoms with Crippen LogP contribution in [0.15, 0.2) is 45.7 Å². The highest BCUT2D eigenvalue weighted by Crippen LogP contribution is 2.35. The first-order chi connectivity index (χ1) is 14.2. The molecular weight excluding hydrogens is 436 g/mol. The Bertz CT molecular complexity index is 1110. The van der Waals surface area contributed by atoms with Crippen LogP contribution in [-0.2, 0) is 14.4 Å². The Morgan fingerprint density at radius 1 is 1.30 bits per heavy atom. The van der Waals surface area contributed by atoms with E-state index >= 15 is 0 Å². The van der Waals surface area contributed by atoms with Crippen molar-refractivity contribution in [3.05, 3.63) is 57.2 Å². The van der Waals surface area contributed by atoms with Gasteiger partial charge in [-0.25, -0.2) is 4.79 Å². The van der Waals surface area contributed by atoms with Crippen molar-refractivity contribution < 1.29 is 33.9 Å². The van der Waals surface area contributed by atoms with Crippen LogP contribution in [-0.4, -0.2) is 48.2 Å². The summed E-state index contributed by atoms with van der Waals surface area (Å²) in [4.78, 5) is 46.2.